The highest BCUT2D eigenvalue weighted by Crippen LogP contribution is 2.27. The Hall–Kier alpha value is -2.28. The standard InChI is InChI=1S/C19H28N2O5/c1-5-25-18(22)12-16-19(26-6-2)20-9-10-21(16)13-14-7-8-15(23-3)11-17(14)24-4/h7-8,11,16H,5-6,9-10,12-13H2,1-4H3. The molecule has 26 heavy (non-hydrogen) atoms. The minimum absolute atomic E-state index is 0.213. The van der Waals surface area contributed by atoms with E-state index in [-0.39, 0.29) is 18.4 Å². The molecule has 7 heteroatoms. The highest BCUT2D eigenvalue weighted by atomic mass is 16.5. The molecule has 1 aromatic carbocycles. The molecule has 0 radical (unpaired) electrons. The maximum Gasteiger partial charge on any atom is 0.307 e. The van der Waals surface area contributed by atoms with Gasteiger partial charge in [0.2, 0.25) is 5.90 Å². The Balaban J connectivity index is 2.22. The lowest BCUT2D eigenvalue weighted by Crippen LogP contribution is -2.47. The fourth-order valence-corrected chi connectivity index (χ4v) is 2.98. The largest absolute Gasteiger partial charge is 0.497 e. The summed E-state index contributed by atoms with van der Waals surface area (Å²) in [4.78, 5) is 18.7. The van der Waals surface area contributed by atoms with Crippen LogP contribution in [0.25, 0.3) is 0 Å². The predicted octanol–water partition coefficient (Wildman–Crippen LogP) is 2.28. The van der Waals surface area contributed by atoms with E-state index in [1.807, 2.05) is 25.1 Å². The van der Waals surface area contributed by atoms with Gasteiger partial charge in [-0.1, -0.05) is 6.07 Å². The van der Waals surface area contributed by atoms with Crippen molar-refractivity contribution in [1.82, 2.24) is 4.90 Å². The number of carbonyl (C=O) groups excluding carboxylic acids is 1. The molecule has 1 aliphatic heterocycles. The Morgan fingerprint density at radius 3 is 2.69 bits per heavy atom. The zero-order valence-electron chi connectivity index (χ0n) is 16.0. The Morgan fingerprint density at radius 2 is 2.04 bits per heavy atom. The average molecular weight is 364 g/mol. The van der Waals surface area contributed by atoms with E-state index in [1.54, 1.807) is 21.1 Å². The summed E-state index contributed by atoms with van der Waals surface area (Å²) in [5.41, 5.74) is 1.01. The summed E-state index contributed by atoms with van der Waals surface area (Å²) in [6.07, 6.45) is 0.213. The van der Waals surface area contributed by atoms with Crippen molar-refractivity contribution in [1.29, 1.82) is 0 Å². The summed E-state index contributed by atoms with van der Waals surface area (Å²) >= 11 is 0. The van der Waals surface area contributed by atoms with Crippen LogP contribution in [0.5, 0.6) is 11.5 Å². The van der Waals surface area contributed by atoms with Gasteiger partial charge in [-0.05, 0) is 19.9 Å². The molecule has 0 aliphatic carbocycles. The van der Waals surface area contributed by atoms with E-state index in [0.29, 0.717) is 32.2 Å². The normalized spacial score (nSPS) is 17.4. The monoisotopic (exact) mass is 364 g/mol. The fraction of sp³-hybridized carbons (Fsp3) is 0.579. The van der Waals surface area contributed by atoms with E-state index >= 15 is 0 Å². The van der Waals surface area contributed by atoms with Crippen LogP contribution in [0.4, 0.5) is 0 Å². The molecule has 1 unspecified atom stereocenters. The van der Waals surface area contributed by atoms with Crippen molar-refractivity contribution < 1.29 is 23.7 Å². The Bertz CT molecular complexity index is 632. The molecule has 144 valence electrons. The molecule has 2 rings (SSSR count). The number of esters is 1. The Morgan fingerprint density at radius 1 is 1.23 bits per heavy atom. The van der Waals surface area contributed by atoms with Gasteiger partial charge >= 0.3 is 5.97 Å². The van der Waals surface area contributed by atoms with Crippen LogP contribution in [-0.2, 0) is 20.8 Å². The number of carbonyl (C=O) groups is 1. The average Bonchev–Trinajstić information content (AvgIpc) is 2.65. The Kier molecular flexibility index (Phi) is 7.72. The molecule has 0 spiro atoms. The third kappa shape index (κ3) is 5.11. The second-order valence-corrected chi connectivity index (χ2v) is 5.83. The van der Waals surface area contributed by atoms with Crippen LogP contribution in [0.2, 0.25) is 0 Å². The Labute approximate surface area is 154 Å². The quantitative estimate of drug-likeness (QED) is 0.659. The van der Waals surface area contributed by atoms with Gasteiger partial charge < -0.3 is 18.9 Å². The van der Waals surface area contributed by atoms with Gasteiger partial charge in [0.15, 0.2) is 0 Å². The van der Waals surface area contributed by atoms with E-state index < -0.39 is 0 Å². The molecule has 1 heterocycles. The topological polar surface area (TPSA) is 69.6 Å². The van der Waals surface area contributed by atoms with Crippen molar-refractivity contribution in [3.05, 3.63) is 23.8 Å². The maximum atomic E-state index is 12.1. The van der Waals surface area contributed by atoms with Gasteiger partial charge in [0, 0.05) is 24.7 Å². The van der Waals surface area contributed by atoms with Crippen molar-refractivity contribution in [2.75, 3.05) is 40.5 Å². The van der Waals surface area contributed by atoms with E-state index in [9.17, 15) is 4.79 Å². The minimum atomic E-state index is -0.251. The maximum absolute atomic E-state index is 12.1. The third-order valence-corrected chi connectivity index (χ3v) is 4.21. The molecule has 0 N–H and O–H groups in total. The number of hydrogen-bond acceptors (Lipinski definition) is 7. The van der Waals surface area contributed by atoms with Crippen molar-refractivity contribution >= 4 is 11.9 Å². The number of methoxy groups -OCH3 is 2. The van der Waals surface area contributed by atoms with Crippen LogP contribution in [0.15, 0.2) is 23.2 Å². The molecule has 1 atom stereocenters. The lowest BCUT2D eigenvalue weighted by molar-refractivity contribution is -0.144. The minimum Gasteiger partial charge on any atom is -0.497 e. The number of benzene rings is 1. The number of ether oxygens (including phenoxy) is 4. The number of nitrogens with zero attached hydrogens (tertiary/aromatic N) is 2. The second-order valence-electron chi connectivity index (χ2n) is 5.83. The smallest absolute Gasteiger partial charge is 0.307 e. The molecule has 0 fully saturated rings. The van der Waals surface area contributed by atoms with Crippen LogP contribution in [-0.4, -0.2) is 63.3 Å². The molecular weight excluding hydrogens is 336 g/mol. The van der Waals surface area contributed by atoms with Crippen molar-refractivity contribution in [3.8, 4) is 11.5 Å². The van der Waals surface area contributed by atoms with E-state index in [1.165, 1.54) is 0 Å². The van der Waals surface area contributed by atoms with Gasteiger partial charge in [-0.15, -0.1) is 0 Å². The lowest BCUT2D eigenvalue weighted by Gasteiger charge is -2.34. The number of hydrogen-bond donors (Lipinski definition) is 0. The molecule has 7 nitrogen and oxygen atoms in total. The highest BCUT2D eigenvalue weighted by Gasteiger charge is 2.31. The van der Waals surface area contributed by atoms with Crippen molar-refractivity contribution in [3.63, 3.8) is 0 Å². The number of rotatable bonds is 8. The van der Waals surface area contributed by atoms with Gasteiger partial charge in [-0.25, -0.2) is 0 Å². The zero-order chi connectivity index (χ0) is 18.9. The summed E-state index contributed by atoms with van der Waals surface area (Å²) in [5.74, 6) is 1.83. The van der Waals surface area contributed by atoms with Crippen LogP contribution in [0.1, 0.15) is 25.8 Å². The highest BCUT2D eigenvalue weighted by molar-refractivity contribution is 5.87. The van der Waals surface area contributed by atoms with Crippen LogP contribution in [0.3, 0.4) is 0 Å². The van der Waals surface area contributed by atoms with Gasteiger partial charge in [0.1, 0.15) is 11.5 Å². The van der Waals surface area contributed by atoms with Crippen molar-refractivity contribution in [2.45, 2.75) is 32.9 Å². The third-order valence-electron chi connectivity index (χ3n) is 4.21. The van der Waals surface area contributed by atoms with Crippen molar-refractivity contribution in [2.24, 2.45) is 4.99 Å². The van der Waals surface area contributed by atoms with Crippen LogP contribution < -0.4 is 9.47 Å². The summed E-state index contributed by atoms with van der Waals surface area (Å²) in [6.45, 7) is 6.56. The molecule has 0 amide bonds. The summed E-state index contributed by atoms with van der Waals surface area (Å²) in [5, 5.41) is 0. The second kappa shape index (κ2) is 10.0. The van der Waals surface area contributed by atoms with E-state index in [4.69, 9.17) is 18.9 Å². The van der Waals surface area contributed by atoms with Gasteiger partial charge in [-0.3, -0.25) is 14.7 Å². The molecule has 1 aliphatic rings. The zero-order valence-corrected chi connectivity index (χ0v) is 16.0. The first-order valence-electron chi connectivity index (χ1n) is 8.90. The van der Waals surface area contributed by atoms with Crippen LogP contribution >= 0.6 is 0 Å². The van der Waals surface area contributed by atoms with Gasteiger partial charge in [0.05, 0.1) is 46.4 Å². The molecule has 1 aromatic rings. The van der Waals surface area contributed by atoms with Crippen LogP contribution in [0, 0.1) is 0 Å². The van der Waals surface area contributed by atoms with E-state index in [2.05, 4.69) is 9.89 Å². The lowest BCUT2D eigenvalue weighted by atomic mass is 10.1. The molecule has 0 aromatic heterocycles. The molecule has 0 saturated carbocycles. The molecule has 0 bridgehead atoms. The first-order chi connectivity index (χ1) is 12.6. The first kappa shape index (κ1) is 20.0. The van der Waals surface area contributed by atoms with Gasteiger partial charge in [-0.2, -0.15) is 0 Å². The molecule has 0 saturated heterocycles. The predicted molar refractivity (Wildman–Crippen MR) is 98.9 cm³/mol. The fourth-order valence-electron chi connectivity index (χ4n) is 2.98. The number of aliphatic imine (C=N–C) groups is 1. The van der Waals surface area contributed by atoms with E-state index in [0.717, 1.165) is 23.6 Å². The summed E-state index contributed by atoms with van der Waals surface area (Å²) in [7, 11) is 3.26. The summed E-state index contributed by atoms with van der Waals surface area (Å²) in [6, 6.07) is 5.50. The first-order valence-corrected chi connectivity index (χ1v) is 8.90. The molecular formula is C19H28N2O5. The summed E-state index contributed by atoms with van der Waals surface area (Å²) < 4.78 is 21.6. The van der Waals surface area contributed by atoms with Gasteiger partial charge in [0.25, 0.3) is 0 Å². The SMILES string of the molecule is CCOC(=O)CC1C(OCC)=NCCN1Cc1ccc(OC)cc1OC.